The normalized spacial score (nSPS) is 10.9. The van der Waals surface area contributed by atoms with Crippen molar-refractivity contribution in [3.8, 4) is 10.6 Å². The summed E-state index contributed by atoms with van der Waals surface area (Å²) in [5.74, 6) is 0.0481. The summed E-state index contributed by atoms with van der Waals surface area (Å²) in [7, 11) is 0. The standard InChI is InChI=1S/C17H13BrN4OS2/c18-14-8-4-5-12(9-14)10-19-20-15(23)11-24-17-22-21-16(25-17)13-6-2-1-3-7-13/h1-10H,11H2,(H,20,23). The number of benzene rings is 2. The summed E-state index contributed by atoms with van der Waals surface area (Å²) >= 11 is 6.20. The molecule has 0 aliphatic rings. The van der Waals surface area contributed by atoms with Crippen LogP contribution in [0.5, 0.6) is 0 Å². The van der Waals surface area contributed by atoms with Crippen LogP contribution >= 0.6 is 39.0 Å². The number of thioether (sulfide) groups is 1. The molecule has 126 valence electrons. The highest BCUT2D eigenvalue weighted by atomic mass is 79.9. The second-order valence-corrected chi connectivity index (χ2v) is 7.99. The molecular formula is C17H13BrN4OS2. The fourth-order valence-corrected chi connectivity index (χ4v) is 3.96. The number of hydrazone groups is 1. The van der Waals surface area contributed by atoms with Crippen LogP contribution in [-0.4, -0.2) is 28.1 Å². The van der Waals surface area contributed by atoms with Gasteiger partial charge in [0, 0.05) is 10.0 Å². The van der Waals surface area contributed by atoms with Crippen LogP contribution in [0.3, 0.4) is 0 Å². The van der Waals surface area contributed by atoms with Gasteiger partial charge >= 0.3 is 0 Å². The predicted octanol–water partition coefficient (Wildman–Crippen LogP) is 4.21. The molecule has 0 aliphatic heterocycles. The van der Waals surface area contributed by atoms with E-state index in [4.69, 9.17) is 0 Å². The highest BCUT2D eigenvalue weighted by Crippen LogP contribution is 2.28. The minimum atomic E-state index is -0.187. The highest BCUT2D eigenvalue weighted by molar-refractivity contribution is 9.10. The summed E-state index contributed by atoms with van der Waals surface area (Å²) in [5.41, 5.74) is 4.44. The zero-order valence-electron chi connectivity index (χ0n) is 12.9. The van der Waals surface area contributed by atoms with Crippen LogP contribution < -0.4 is 5.43 Å². The van der Waals surface area contributed by atoms with Gasteiger partial charge in [-0.05, 0) is 17.7 Å². The van der Waals surface area contributed by atoms with Gasteiger partial charge in [-0.2, -0.15) is 5.10 Å². The highest BCUT2D eigenvalue weighted by Gasteiger charge is 2.09. The number of rotatable bonds is 6. The van der Waals surface area contributed by atoms with Crippen molar-refractivity contribution in [2.24, 2.45) is 5.10 Å². The molecule has 0 fully saturated rings. The summed E-state index contributed by atoms with van der Waals surface area (Å²) in [6.45, 7) is 0. The van der Waals surface area contributed by atoms with Gasteiger partial charge in [-0.1, -0.05) is 81.5 Å². The number of aromatic nitrogens is 2. The molecular weight excluding hydrogens is 420 g/mol. The van der Waals surface area contributed by atoms with E-state index in [0.29, 0.717) is 0 Å². The van der Waals surface area contributed by atoms with Gasteiger partial charge in [-0.3, -0.25) is 4.79 Å². The Morgan fingerprint density at radius 2 is 2.04 bits per heavy atom. The van der Waals surface area contributed by atoms with Gasteiger partial charge in [-0.25, -0.2) is 5.43 Å². The number of nitrogens with zero attached hydrogens (tertiary/aromatic N) is 3. The number of hydrogen-bond acceptors (Lipinski definition) is 6. The minimum absolute atomic E-state index is 0.187. The molecule has 0 saturated carbocycles. The van der Waals surface area contributed by atoms with E-state index >= 15 is 0 Å². The van der Waals surface area contributed by atoms with Crippen molar-refractivity contribution in [3.05, 3.63) is 64.6 Å². The van der Waals surface area contributed by atoms with Crippen molar-refractivity contribution in [2.45, 2.75) is 4.34 Å². The van der Waals surface area contributed by atoms with Gasteiger partial charge in [0.25, 0.3) is 5.91 Å². The lowest BCUT2D eigenvalue weighted by molar-refractivity contribution is -0.118. The summed E-state index contributed by atoms with van der Waals surface area (Å²) in [5, 5.41) is 13.1. The molecule has 0 spiro atoms. The maximum atomic E-state index is 11.9. The van der Waals surface area contributed by atoms with Crippen molar-refractivity contribution in [1.29, 1.82) is 0 Å². The van der Waals surface area contributed by atoms with Crippen LogP contribution in [0.1, 0.15) is 5.56 Å². The molecule has 1 N–H and O–H groups in total. The monoisotopic (exact) mass is 432 g/mol. The molecule has 1 aromatic heterocycles. The fourth-order valence-electron chi connectivity index (χ4n) is 1.89. The number of amides is 1. The first-order valence-corrected chi connectivity index (χ1v) is 9.89. The van der Waals surface area contributed by atoms with Crippen LogP contribution in [0, 0.1) is 0 Å². The first-order chi connectivity index (χ1) is 12.2. The SMILES string of the molecule is O=C(CSc1nnc(-c2ccccc2)s1)NN=Cc1cccc(Br)c1. The van der Waals surface area contributed by atoms with E-state index < -0.39 is 0 Å². The van der Waals surface area contributed by atoms with E-state index in [9.17, 15) is 4.79 Å². The molecule has 0 unspecified atom stereocenters. The van der Waals surface area contributed by atoms with Crippen molar-refractivity contribution < 1.29 is 4.79 Å². The molecule has 1 heterocycles. The van der Waals surface area contributed by atoms with E-state index in [1.54, 1.807) is 6.21 Å². The molecule has 3 aromatic rings. The average molecular weight is 433 g/mol. The van der Waals surface area contributed by atoms with Crippen molar-refractivity contribution >= 4 is 51.2 Å². The van der Waals surface area contributed by atoms with Crippen LogP contribution in [0.2, 0.25) is 0 Å². The maximum Gasteiger partial charge on any atom is 0.250 e. The minimum Gasteiger partial charge on any atom is -0.272 e. The van der Waals surface area contributed by atoms with E-state index in [2.05, 4.69) is 36.7 Å². The Balaban J connectivity index is 1.49. The summed E-state index contributed by atoms with van der Waals surface area (Å²) in [6, 6.07) is 17.5. The Bertz CT molecular complexity index is 883. The molecule has 0 saturated heterocycles. The Labute approximate surface area is 161 Å². The molecule has 0 atom stereocenters. The molecule has 25 heavy (non-hydrogen) atoms. The van der Waals surface area contributed by atoms with Crippen LogP contribution in [-0.2, 0) is 4.79 Å². The number of carbonyl (C=O) groups is 1. The van der Waals surface area contributed by atoms with E-state index in [-0.39, 0.29) is 11.7 Å². The van der Waals surface area contributed by atoms with Gasteiger partial charge in [-0.15, -0.1) is 10.2 Å². The number of hydrogen-bond donors (Lipinski definition) is 1. The van der Waals surface area contributed by atoms with Crippen molar-refractivity contribution in [3.63, 3.8) is 0 Å². The van der Waals surface area contributed by atoms with E-state index in [1.807, 2.05) is 54.6 Å². The Morgan fingerprint density at radius 3 is 2.84 bits per heavy atom. The average Bonchev–Trinajstić information content (AvgIpc) is 3.10. The van der Waals surface area contributed by atoms with Crippen LogP contribution in [0.15, 0.2) is 68.5 Å². The summed E-state index contributed by atoms with van der Waals surface area (Å²) < 4.78 is 1.72. The quantitative estimate of drug-likeness (QED) is 0.359. The van der Waals surface area contributed by atoms with Crippen LogP contribution in [0.4, 0.5) is 0 Å². The third kappa shape index (κ3) is 5.48. The molecule has 2 aromatic carbocycles. The Hall–Kier alpha value is -2.03. The van der Waals surface area contributed by atoms with E-state index in [1.165, 1.54) is 23.1 Å². The fraction of sp³-hybridized carbons (Fsp3) is 0.0588. The first-order valence-electron chi connectivity index (χ1n) is 7.30. The zero-order chi connectivity index (χ0) is 17.5. The van der Waals surface area contributed by atoms with Gasteiger partial charge < -0.3 is 0 Å². The molecule has 5 nitrogen and oxygen atoms in total. The lowest BCUT2D eigenvalue weighted by atomic mass is 10.2. The number of nitrogens with one attached hydrogen (secondary N) is 1. The smallest absolute Gasteiger partial charge is 0.250 e. The topological polar surface area (TPSA) is 67.2 Å². The Kier molecular flexibility index (Phi) is 6.32. The molecule has 0 aliphatic carbocycles. The second-order valence-electron chi connectivity index (χ2n) is 4.88. The van der Waals surface area contributed by atoms with Gasteiger partial charge in [0.2, 0.25) is 0 Å². The lowest BCUT2D eigenvalue weighted by Gasteiger charge is -1.98. The third-order valence-electron chi connectivity index (χ3n) is 3.01. The lowest BCUT2D eigenvalue weighted by Crippen LogP contribution is -2.19. The van der Waals surface area contributed by atoms with Gasteiger partial charge in [0.05, 0.1) is 12.0 Å². The number of halogens is 1. The van der Waals surface area contributed by atoms with Crippen LogP contribution in [0.25, 0.3) is 10.6 Å². The largest absolute Gasteiger partial charge is 0.272 e. The first kappa shape index (κ1) is 17.8. The van der Waals surface area contributed by atoms with E-state index in [0.717, 1.165) is 24.9 Å². The van der Waals surface area contributed by atoms with Crippen molar-refractivity contribution in [1.82, 2.24) is 15.6 Å². The molecule has 1 amide bonds. The Morgan fingerprint density at radius 1 is 1.20 bits per heavy atom. The molecule has 0 radical (unpaired) electrons. The maximum absolute atomic E-state index is 11.9. The molecule has 3 rings (SSSR count). The predicted molar refractivity (Wildman–Crippen MR) is 106 cm³/mol. The zero-order valence-corrected chi connectivity index (χ0v) is 16.1. The second kappa shape index (κ2) is 8.89. The van der Waals surface area contributed by atoms with Gasteiger partial charge in [0.15, 0.2) is 4.34 Å². The molecule has 0 bridgehead atoms. The summed E-state index contributed by atoms with van der Waals surface area (Å²) in [4.78, 5) is 11.9. The molecule has 8 heteroatoms. The third-order valence-corrected chi connectivity index (χ3v) is 5.60. The summed E-state index contributed by atoms with van der Waals surface area (Å²) in [6.07, 6.45) is 1.60. The van der Waals surface area contributed by atoms with Crippen molar-refractivity contribution in [2.75, 3.05) is 5.75 Å². The number of carbonyl (C=O) groups excluding carboxylic acids is 1. The van der Waals surface area contributed by atoms with Gasteiger partial charge in [0.1, 0.15) is 5.01 Å².